The maximum absolute atomic E-state index is 13.4. The number of fused-ring (bicyclic) bond motifs is 1. The molecule has 57 heavy (non-hydrogen) atoms. The van der Waals surface area contributed by atoms with Crippen LogP contribution in [0.5, 0.6) is 5.75 Å². The molecule has 14 nitrogen and oxygen atoms in total. The molecule has 1 saturated heterocycles. The van der Waals surface area contributed by atoms with Crippen LogP contribution >= 0.6 is 0 Å². The molecular formula is C43H69N7O7. The zero-order chi connectivity index (χ0) is 42.1. The highest BCUT2D eigenvalue weighted by Gasteiger charge is 2.39. The van der Waals surface area contributed by atoms with Crippen LogP contribution in [0.1, 0.15) is 118 Å². The molecule has 0 aliphatic carbocycles. The fraction of sp³-hybridized carbons (Fsp3) is 0.698. The Hall–Kier alpha value is -4.17. The van der Waals surface area contributed by atoms with E-state index >= 15 is 0 Å². The molecule has 3 heterocycles. The average molecular weight is 796 g/mol. The highest BCUT2D eigenvalue weighted by atomic mass is 16.6. The number of carbonyl (C=O) groups is 3. The van der Waals surface area contributed by atoms with Gasteiger partial charge in [-0.1, -0.05) is 41.5 Å². The van der Waals surface area contributed by atoms with E-state index in [-0.39, 0.29) is 46.9 Å². The second kappa shape index (κ2) is 19.5. The Labute approximate surface area is 340 Å². The van der Waals surface area contributed by atoms with Crippen LogP contribution in [0.3, 0.4) is 0 Å². The van der Waals surface area contributed by atoms with Crippen molar-refractivity contribution in [2.75, 3.05) is 68.7 Å². The number of amides is 3. The smallest absolute Gasteiger partial charge is 0.410 e. The van der Waals surface area contributed by atoms with Gasteiger partial charge in [0.15, 0.2) is 5.82 Å². The maximum atomic E-state index is 13.4. The van der Waals surface area contributed by atoms with Crippen molar-refractivity contribution < 1.29 is 33.3 Å². The number of rotatable bonds is 18. The number of ether oxygens (including phenoxy) is 4. The fourth-order valence-corrected chi connectivity index (χ4v) is 7.72. The SMILES string of the molecule is CCC(C)N1c2nc(Nc3ccc(C(=O)NCC(C)(C)CC(C)(C)COCCCOC4CCN(C(=O)OC(C)(C)C)CC4)cc3OC)ncc2N(C)C(=O)C1CC. The molecule has 0 saturated carbocycles. The van der Waals surface area contributed by atoms with E-state index in [1.54, 1.807) is 48.4 Å². The van der Waals surface area contributed by atoms with Gasteiger partial charge < -0.3 is 44.3 Å². The number of hydrogen-bond acceptors (Lipinski definition) is 11. The summed E-state index contributed by atoms with van der Waals surface area (Å²) < 4.78 is 23.3. The Bertz CT molecular complexity index is 1670. The number of nitrogens with zero attached hydrogens (tertiary/aromatic N) is 5. The van der Waals surface area contributed by atoms with Crippen molar-refractivity contribution in [2.24, 2.45) is 10.8 Å². The van der Waals surface area contributed by atoms with Gasteiger partial charge >= 0.3 is 6.09 Å². The molecule has 1 aromatic heterocycles. The lowest BCUT2D eigenvalue weighted by atomic mass is 9.75. The minimum absolute atomic E-state index is 0.0343. The first-order valence-corrected chi connectivity index (χ1v) is 20.6. The number of piperidine rings is 1. The molecule has 3 amide bonds. The summed E-state index contributed by atoms with van der Waals surface area (Å²) in [6, 6.07) is 5.06. The minimum atomic E-state index is -0.492. The van der Waals surface area contributed by atoms with Crippen molar-refractivity contribution in [2.45, 2.75) is 132 Å². The van der Waals surface area contributed by atoms with Gasteiger partial charge in [-0.25, -0.2) is 9.78 Å². The Balaban J connectivity index is 1.23. The first kappa shape index (κ1) is 45.5. The lowest BCUT2D eigenvalue weighted by molar-refractivity contribution is -0.120. The lowest BCUT2D eigenvalue weighted by Crippen LogP contribution is -2.55. The van der Waals surface area contributed by atoms with Gasteiger partial charge in [0.25, 0.3) is 5.91 Å². The van der Waals surface area contributed by atoms with Crippen molar-refractivity contribution in [1.29, 1.82) is 0 Å². The minimum Gasteiger partial charge on any atom is -0.495 e. The lowest BCUT2D eigenvalue weighted by Gasteiger charge is -2.43. The van der Waals surface area contributed by atoms with Crippen LogP contribution in [-0.4, -0.2) is 110 Å². The standard InChI is InChI=1S/C43H69N7O7/c1-13-29(3)50-33(14-2)38(52)48(11)34-25-44-39(47-36(34)50)46-32-17-16-30(24-35(32)54-12)37(51)45-27-42(7,8)26-43(9,10)28-55-22-15-23-56-31-18-20-49(21-19-31)40(53)57-41(4,5)6/h16-17,24-25,29,31,33H,13-15,18-23,26-28H2,1-12H3,(H,45,51)(H,44,46,47). The zero-order valence-corrected chi connectivity index (χ0v) is 36.6. The molecule has 1 aromatic carbocycles. The summed E-state index contributed by atoms with van der Waals surface area (Å²) in [5.41, 5.74) is 0.980. The van der Waals surface area contributed by atoms with E-state index in [0.717, 1.165) is 32.1 Å². The number of methoxy groups -OCH3 is 1. The van der Waals surface area contributed by atoms with Gasteiger partial charge in [-0.05, 0) is 95.2 Å². The summed E-state index contributed by atoms with van der Waals surface area (Å²) in [4.78, 5) is 53.7. The van der Waals surface area contributed by atoms with Gasteiger partial charge in [0.1, 0.15) is 23.1 Å². The Morgan fingerprint density at radius 1 is 1.02 bits per heavy atom. The molecule has 0 bridgehead atoms. The number of hydrogen-bond donors (Lipinski definition) is 2. The van der Waals surface area contributed by atoms with E-state index in [9.17, 15) is 14.4 Å². The molecule has 318 valence electrons. The highest BCUT2D eigenvalue weighted by molar-refractivity contribution is 6.04. The monoisotopic (exact) mass is 796 g/mol. The number of nitrogens with one attached hydrogen (secondary N) is 2. The molecule has 2 unspecified atom stereocenters. The number of likely N-dealkylation sites (tertiary alicyclic amines) is 1. The summed E-state index contributed by atoms with van der Waals surface area (Å²) in [6.07, 6.45) is 6.35. The largest absolute Gasteiger partial charge is 0.495 e. The van der Waals surface area contributed by atoms with Crippen molar-refractivity contribution in [3.63, 3.8) is 0 Å². The van der Waals surface area contributed by atoms with Crippen molar-refractivity contribution >= 4 is 41.0 Å². The molecule has 4 rings (SSSR count). The van der Waals surface area contributed by atoms with Gasteiger partial charge in [0, 0.05) is 51.5 Å². The average Bonchev–Trinajstić information content (AvgIpc) is 3.15. The van der Waals surface area contributed by atoms with E-state index in [0.29, 0.717) is 80.3 Å². The highest BCUT2D eigenvalue weighted by Crippen LogP contribution is 2.38. The van der Waals surface area contributed by atoms with Crippen LogP contribution in [0.2, 0.25) is 0 Å². The number of benzene rings is 1. The van der Waals surface area contributed by atoms with E-state index in [4.69, 9.17) is 23.9 Å². The Morgan fingerprint density at radius 2 is 1.72 bits per heavy atom. The van der Waals surface area contributed by atoms with Crippen molar-refractivity contribution in [3.8, 4) is 5.75 Å². The predicted molar refractivity (Wildman–Crippen MR) is 225 cm³/mol. The van der Waals surface area contributed by atoms with Crippen LogP contribution in [0, 0.1) is 10.8 Å². The summed E-state index contributed by atoms with van der Waals surface area (Å²) in [7, 11) is 3.33. The molecule has 0 radical (unpaired) electrons. The van der Waals surface area contributed by atoms with E-state index < -0.39 is 5.60 Å². The molecule has 2 aliphatic heterocycles. The van der Waals surface area contributed by atoms with Gasteiger partial charge in [-0.3, -0.25) is 9.59 Å². The van der Waals surface area contributed by atoms with Crippen molar-refractivity contribution in [3.05, 3.63) is 30.0 Å². The first-order chi connectivity index (χ1) is 26.8. The molecule has 14 heteroatoms. The summed E-state index contributed by atoms with van der Waals surface area (Å²) in [5, 5.41) is 6.39. The normalized spacial score (nSPS) is 17.3. The van der Waals surface area contributed by atoms with Gasteiger partial charge in [-0.2, -0.15) is 4.98 Å². The second-order valence-corrected chi connectivity index (χ2v) is 18.1. The van der Waals surface area contributed by atoms with Gasteiger partial charge in [0.05, 0.1) is 31.7 Å². The third-order valence-electron chi connectivity index (χ3n) is 10.5. The molecule has 0 spiro atoms. The van der Waals surface area contributed by atoms with Crippen molar-refractivity contribution in [1.82, 2.24) is 20.2 Å². The number of anilines is 4. The number of carbonyl (C=O) groups excluding carboxylic acids is 3. The van der Waals surface area contributed by atoms with Gasteiger partial charge in [0.2, 0.25) is 11.9 Å². The maximum Gasteiger partial charge on any atom is 0.410 e. The molecule has 2 aromatic rings. The third-order valence-corrected chi connectivity index (χ3v) is 10.5. The molecule has 2 atom stereocenters. The van der Waals surface area contributed by atoms with Crippen LogP contribution in [0.4, 0.5) is 27.9 Å². The molecule has 2 N–H and O–H groups in total. The quantitative estimate of drug-likeness (QED) is 0.144. The zero-order valence-electron chi connectivity index (χ0n) is 36.6. The van der Waals surface area contributed by atoms with Crippen LogP contribution in [0.25, 0.3) is 0 Å². The Kier molecular flexibility index (Phi) is 15.6. The topological polar surface area (TPSA) is 148 Å². The van der Waals surface area contributed by atoms with E-state index in [1.807, 2.05) is 27.7 Å². The summed E-state index contributed by atoms with van der Waals surface area (Å²) >= 11 is 0. The first-order valence-electron chi connectivity index (χ1n) is 20.6. The van der Waals surface area contributed by atoms with Crippen LogP contribution in [0.15, 0.2) is 24.4 Å². The number of likely N-dealkylation sites (N-methyl/N-ethyl adjacent to an activating group) is 1. The Morgan fingerprint density at radius 3 is 2.35 bits per heavy atom. The third kappa shape index (κ3) is 12.7. The molecule has 2 aliphatic rings. The van der Waals surface area contributed by atoms with E-state index in [2.05, 4.69) is 62.1 Å². The molecular weight excluding hydrogens is 727 g/mol. The van der Waals surface area contributed by atoms with Crippen LogP contribution < -0.4 is 25.2 Å². The predicted octanol–water partition coefficient (Wildman–Crippen LogP) is 7.58. The summed E-state index contributed by atoms with van der Waals surface area (Å²) in [5.74, 6) is 1.40. The number of aromatic nitrogens is 2. The molecule has 1 fully saturated rings. The summed E-state index contributed by atoms with van der Waals surface area (Å²) in [6.45, 7) is 24.2. The van der Waals surface area contributed by atoms with Crippen LogP contribution in [-0.2, 0) is 19.0 Å². The van der Waals surface area contributed by atoms with Gasteiger partial charge in [-0.15, -0.1) is 0 Å². The van der Waals surface area contributed by atoms with E-state index in [1.165, 1.54) is 0 Å². The fourth-order valence-electron chi connectivity index (χ4n) is 7.72. The second-order valence-electron chi connectivity index (χ2n) is 18.1.